The Morgan fingerprint density at radius 1 is 1.25 bits per heavy atom. The first-order chi connectivity index (χ1) is 9.53. The van der Waals surface area contributed by atoms with Crippen LogP contribution in [0.2, 0.25) is 0 Å². The van der Waals surface area contributed by atoms with Gasteiger partial charge in [-0.15, -0.1) is 0 Å². The third-order valence-electron chi connectivity index (χ3n) is 4.70. The molecule has 4 nitrogen and oxygen atoms in total. The van der Waals surface area contributed by atoms with Gasteiger partial charge in [0.15, 0.2) is 0 Å². The molecule has 118 valence electrons. The van der Waals surface area contributed by atoms with Crippen LogP contribution in [-0.2, 0) is 14.6 Å². The van der Waals surface area contributed by atoms with Crippen molar-refractivity contribution in [2.24, 2.45) is 11.3 Å². The third kappa shape index (κ3) is 3.95. The Morgan fingerprint density at radius 2 is 2.00 bits per heavy atom. The van der Waals surface area contributed by atoms with Gasteiger partial charge in [-0.25, -0.2) is 8.42 Å². The molecular weight excluding hydrogens is 274 g/mol. The van der Waals surface area contributed by atoms with E-state index in [1.54, 1.807) is 0 Å². The summed E-state index contributed by atoms with van der Waals surface area (Å²) in [7, 11) is -2.89. The Morgan fingerprint density at radius 3 is 2.60 bits per heavy atom. The van der Waals surface area contributed by atoms with Crippen LogP contribution in [0.3, 0.4) is 0 Å². The van der Waals surface area contributed by atoms with Crippen LogP contribution in [0.25, 0.3) is 0 Å². The van der Waals surface area contributed by atoms with Crippen LogP contribution in [0.15, 0.2) is 0 Å². The van der Waals surface area contributed by atoms with E-state index in [4.69, 9.17) is 4.74 Å². The normalized spacial score (nSPS) is 30.8. The molecule has 0 spiro atoms. The molecule has 2 aliphatic rings. The second-order valence-electron chi connectivity index (χ2n) is 6.42. The Bertz CT molecular complexity index is 405. The average Bonchev–Trinajstić information content (AvgIpc) is 3.16. The smallest absolute Gasteiger partial charge is 0.150 e. The molecule has 1 heterocycles. The molecule has 1 saturated heterocycles. The summed E-state index contributed by atoms with van der Waals surface area (Å²) < 4.78 is 30.0. The van der Waals surface area contributed by atoms with Crippen molar-refractivity contribution in [3.63, 3.8) is 0 Å². The summed E-state index contributed by atoms with van der Waals surface area (Å²) in [5, 5.41) is 3.44. The van der Waals surface area contributed by atoms with Crippen LogP contribution >= 0.6 is 0 Å². The summed E-state index contributed by atoms with van der Waals surface area (Å²) in [4.78, 5) is 0. The molecule has 2 rings (SSSR count). The maximum absolute atomic E-state index is 12.0. The Kier molecular flexibility index (Phi) is 5.49. The number of hydrogen-bond donors (Lipinski definition) is 1. The molecule has 0 aromatic rings. The van der Waals surface area contributed by atoms with E-state index in [-0.39, 0.29) is 11.5 Å². The van der Waals surface area contributed by atoms with Crippen molar-refractivity contribution in [1.29, 1.82) is 0 Å². The van der Waals surface area contributed by atoms with Gasteiger partial charge in [-0.05, 0) is 44.6 Å². The number of sulfone groups is 1. The van der Waals surface area contributed by atoms with Gasteiger partial charge < -0.3 is 10.1 Å². The van der Waals surface area contributed by atoms with Crippen molar-refractivity contribution in [3.05, 3.63) is 0 Å². The first-order valence-corrected chi connectivity index (χ1v) is 9.88. The maximum atomic E-state index is 12.0. The fourth-order valence-corrected chi connectivity index (χ4v) is 4.98. The molecule has 5 heteroatoms. The summed E-state index contributed by atoms with van der Waals surface area (Å²) in [5.74, 6) is 1.31. The summed E-state index contributed by atoms with van der Waals surface area (Å²) in [6, 6.07) is 0. The van der Waals surface area contributed by atoms with E-state index in [1.165, 1.54) is 12.8 Å². The summed E-state index contributed by atoms with van der Waals surface area (Å²) in [6.45, 7) is 6.65. The lowest BCUT2D eigenvalue weighted by Gasteiger charge is -2.34. The molecule has 1 saturated carbocycles. The van der Waals surface area contributed by atoms with E-state index in [9.17, 15) is 8.42 Å². The summed E-state index contributed by atoms with van der Waals surface area (Å²) in [6.07, 6.45) is 5.25. The Labute approximate surface area is 123 Å². The van der Waals surface area contributed by atoms with Crippen LogP contribution in [0.4, 0.5) is 0 Å². The largest absolute Gasteiger partial charge is 0.377 e. The van der Waals surface area contributed by atoms with Crippen molar-refractivity contribution >= 4 is 9.84 Å². The fraction of sp³-hybridized carbons (Fsp3) is 1.00. The molecule has 0 amide bonds. The highest BCUT2D eigenvalue weighted by Gasteiger charge is 2.50. The van der Waals surface area contributed by atoms with Gasteiger partial charge in [0.1, 0.15) is 9.84 Å². The van der Waals surface area contributed by atoms with E-state index in [1.807, 2.05) is 6.92 Å². The predicted molar refractivity (Wildman–Crippen MR) is 81.6 cm³/mol. The van der Waals surface area contributed by atoms with Gasteiger partial charge in [-0.1, -0.05) is 13.8 Å². The van der Waals surface area contributed by atoms with Gasteiger partial charge >= 0.3 is 0 Å². The van der Waals surface area contributed by atoms with Crippen LogP contribution in [0.5, 0.6) is 0 Å². The maximum Gasteiger partial charge on any atom is 0.150 e. The molecule has 0 bridgehead atoms. The highest BCUT2D eigenvalue weighted by molar-refractivity contribution is 7.91. The van der Waals surface area contributed by atoms with Gasteiger partial charge in [-0.2, -0.15) is 0 Å². The molecule has 2 unspecified atom stereocenters. The fourth-order valence-electron chi connectivity index (χ4n) is 3.43. The van der Waals surface area contributed by atoms with E-state index in [0.717, 1.165) is 32.5 Å². The average molecular weight is 303 g/mol. The number of nitrogens with one attached hydrogen (secondary N) is 1. The highest BCUT2D eigenvalue weighted by atomic mass is 32.2. The minimum Gasteiger partial charge on any atom is -0.377 e. The van der Waals surface area contributed by atoms with Crippen molar-refractivity contribution in [1.82, 2.24) is 5.32 Å². The van der Waals surface area contributed by atoms with Crippen molar-refractivity contribution in [3.8, 4) is 0 Å². The summed E-state index contributed by atoms with van der Waals surface area (Å²) >= 11 is 0. The molecule has 0 radical (unpaired) electrons. The first-order valence-electron chi connectivity index (χ1n) is 8.06. The van der Waals surface area contributed by atoms with Crippen LogP contribution in [-0.4, -0.2) is 45.7 Å². The molecule has 20 heavy (non-hydrogen) atoms. The van der Waals surface area contributed by atoms with Gasteiger partial charge in [0.05, 0.1) is 11.9 Å². The topological polar surface area (TPSA) is 55.4 Å². The lowest BCUT2D eigenvalue weighted by Crippen LogP contribution is -2.43. The minimum atomic E-state index is -2.89. The van der Waals surface area contributed by atoms with Gasteiger partial charge in [0.2, 0.25) is 0 Å². The predicted octanol–water partition coefficient (Wildman–Crippen LogP) is 2.00. The summed E-state index contributed by atoms with van der Waals surface area (Å²) in [5.41, 5.74) is 0.0397. The van der Waals surface area contributed by atoms with Crippen molar-refractivity contribution in [2.45, 2.75) is 52.1 Å². The van der Waals surface area contributed by atoms with E-state index >= 15 is 0 Å². The van der Waals surface area contributed by atoms with E-state index in [0.29, 0.717) is 23.8 Å². The first kappa shape index (κ1) is 16.2. The zero-order chi connectivity index (χ0) is 14.6. The highest BCUT2D eigenvalue weighted by Crippen LogP contribution is 2.49. The number of ether oxygens (including phenoxy) is 1. The minimum absolute atomic E-state index is 0.0397. The second kappa shape index (κ2) is 6.75. The zero-order valence-corrected chi connectivity index (χ0v) is 13.7. The monoisotopic (exact) mass is 303 g/mol. The Balaban J connectivity index is 2.03. The molecule has 0 aromatic carbocycles. The van der Waals surface area contributed by atoms with Gasteiger partial charge in [0, 0.05) is 24.3 Å². The van der Waals surface area contributed by atoms with E-state index < -0.39 is 9.84 Å². The van der Waals surface area contributed by atoms with Crippen LogP contribution in [0, 0.1) is 11.3 Å². The quantitative estimate of drug-likeness (QED) is 0.708. The third-order valence-corrected chi connectivity index (χ3v) is 6.56. The van der Waals surface area contributed by atoms with E-state index in [2.05, 4.69) is 12.2 Å². The molecule has 1 N–H and O–H groups in total. The lowest BCUT2D eigenvalue weighted by molar-refractivity contribution is 0.0294. The van der Waals surface area contributed by atoms with Crippen molar-refractivity contribution < 1.29 is 13.2 Å². The van der Waals surface area contributed by atoms with Crippen molar-refractivity contribution in [2.75, 3.05) is 31.2 Å². The lowest BCUT2D eigenvalue weighted by atomic mass is 9.76. The molecular formula is C15H29NO3S. The molecule has 0 aromatic heterocycles. The van der Waals surface area contributed by atoms with Crippen LogP contribution in [0.1, 0.15) is 46.0 Å². The number of hydrogen-bond acceptors (Lipinski definition) is 4. The van der Waals surface area contributed by atoms with Gasteiger partial charge in [0.25, 0.3) is 0 Å². The molecule has 2 atom stereocenters. The molecule has 1 aliphatic heterocycles. The SMILES string of the molecule is CCCS(=O)(=O)CCC1(CNCC)CCOC1C1CC1. The molecule has 2 fully saturated rings. The standard InChI is InChI=1S/C15H29NO3S/c1-3-10-20(17,18)11-8-15(12-16-4-2)7-9-19-14(15)13-5-6-13/h13-14,16H,3-12H2,1-2H3. The molecule has 1 aliphatic carbocycles. The zero-order valence-electron chi connectivity index (χ0n) is 12.9. The van der Waals surface area contributed by atoms with Crippen LogP contribution < -0.4 is 5.32 Å². The van der Waals surface area contributed by atoms with Gasteiger partial charge in [-0.3, -0.25) is 0 Å². The second-order valence-corrected chi connectivity index (χ2v) is 8.73. The Hall–Kier alpha value is -0.130. The number of rotatable bonds is 9.